The van der Waals surface area contributed by atoms with Gasteiger partial charge in [-0.25, -0.2) is 9.18 Å². The molecule has 0 atom stereocenters. The van der Waals surface area contributed by atoms with Gasteiger partial charge in [0.25, 0.3) is 5.91 Å². The lowest BCUT2D eigenvalue weighted by Gasteiger charge is -2.36. The second-order valence-electron chi connectivity index (χ2n) is 8.96. The van der Waals surface area contributed by atoms with Gasteiger partial charge < -0.3 is 15.0 Å². The highest BCUT2D eigenvalue weighted by molar-refractivity contribution is 6.05. The monoisotopic (exact) mass is 475 g/mol. The molecule has 0 aliphatic carbocycles. The number of hydrogen-bond donors (Lipinski definition) is 1. The van der Waals surface area contributed by atoms with E-state index in [9.17, 15) is 14.0 Å². The first kappa shape index (κ1) is 24.3. The third kappa shape index (κ3) is 5.62. The van der Waals surface area contributed by atoms with Crippen molar-refractivity contribution in [2.45, 2.75) is 32.7 Å². The predicted octanol–water partition coefficient (Wildman–Crippen LogP) is 6.04. The van der Waals surface area contributed by atoms with Crippen molar-refractivity contribution in [1.29, 1.82) is 0 Å². The number of nitrogens with zero attached hydrogens (tertiary/aromatic N) is 2. The van der Waals surface area contributed by atoms with Crippen LogP contribution in [-0.2, 0) is 6.54 Å². The molecule has 3 amide bonds. The number of rotatable bonds is 7. The van der Waals surface area contributed by atoms with E-state index >= 15 is 0 Å². The molecule has 7 heteroatoms. The standard InChI is InChI=1S/C28H30FN3O3/c1-19(2)21-10-8-20(9-11-21)18-31-14-5-15-32(28(31)34)25-17-24(12-13-26(25)35-3)30-27(33)22-6-4-7-23(29)16-22/h4,6-13,16-17,19H,5,14-15,18H2,1-3H3,(H,30,33). The van der Waals surface area contributed by atoms with Crippen LogP contribution in [-0.4, -0.2) is 37.0 Å². The Balaban J connectivity index is 1.53. The van der Waals surface area contributed by atoms with Gasteiger partial charge in [0.05, 0.1) is 12.8 Å². The van der Waals surface area contributed by atoms with E-state index < -0.39 is 11.7 Å². The number of halogens is 1. The predicted molar refractivity (Wildman–Crippen MR) is 136 cm³/mol. The number of hydrogen-bond acceptors (Lipinski definition) is 3. The third-order valence-electron chi connectivity index (χ3n) is 6.15. The zero-order valence-electron chi connectivity index (χ0n) is 20.3. The molecule has 1 N–H and O–H groups in total. The van der Waals surface area contributed by atoms with Crippen molar-refractivity contribution in [3.05, 3.63) is 89.2 Å². The van der Waals surface area contributed by atoms with Crippen molar-refractivity contribution in [1.82, 2.24) is 4.90 Å². The Morgan fingerprint density at radius 1 is 1.06 bits per heavy atom. The molecule has 35 heavy (non-hydrogen) atoms. The Labute approximate surface area is 205 Å². The molecule has 3 aromatic rings. The van der Waals surface area contributed by atoms with Crippen molar-refractivity contribution in [2.75, 3.05) is 30.4 Å². The summed E-state index contributed by atoms with van der Waals surface area (Å²) < 4.78 is 19.0. The van der Waals surface area contributed by atoms with Gasteiger partial charge >= 0.3 is 6.03 Å². The second kappa shape index (κ2) is 10.6. The molecule has 0 aromatic heterocycles. The van der Waals surface area contributed by atoms with Gasteiger partial charge in [-0.05, 0) is 59.9 Å². The summed E-state index contributed by atoms with van der Waals surface area (Å²) in [6, 6.07) is 18.9. The van der Waals surface area contributed by atoms with E-state index in [1.54, 1.807) is 36.3 Å². The number of ether oxygens (including phenoxy) is 1. The Kier molecular flexibility index (Phi) is 7.34. The number of methoxy groups -OCH3 is 1. The van der Waals surface area contributed by atoms with Crippen LogP contribution >= 0.6 is 0 Å². The number of benzene rings is 3. The number of urea groups is 1. The van der Waals surface area contributed by atoms with Crippen molar-refractivity contribution in [2.24, 2.45) is 0 Å². The van der Waals surface area contributed by atoms with Crippen LogP contribution in [0.25, 0.3) is 0 Å². The summed E-state index contributed by atoms with van der Waals surface area (Å²) >= 11 is 0. The van der Waals surface area contributed by atoms with Crippen LogP contribution in [0.5, 0.6) is 5.75 Å². The molecule has 6 nitrogen and oxygen atoms in total. The normalized spacial score (nSPS) is 13.8. The molecule has 4 rings (SSSR count). The fourth-order valence-electron chi connectivity index (χ4n) is 4.19. The summed E-state index contributed by atoms with van der Waals surface area (Å²) in [6.07, 6.45) is 0.804. The highest BCUT2D eigenvalue weighted by atomic mass is 19.1. The smallest absolute Gasteiger partial charge is 0.324 e. The van der Waals surface area contributed by atoms with E-state index in [0.717, 1.165) is 12.0 Å². The van der Waals surface area contributed by atoms with E-state index in [2.05, 4.69) is 43.4 Å². The maximum absolute atomic E-state index is 13.5. The van der Waals surface area contributed by atoms with Gasteiger partial charge in [0.15, 0.2) is 0 Å². The zero-order valence-corrected chi connectivity index (χ0v) is 20.3. The molecule has 0 spiro atoms. The minimum Gasteiger partial charge on any atom is -0.495 e. The molecule has 0 unspecified atom stereocenters. The third-order valence-corrected chi connectivity index (χ3v) is 6.15. The van der Waals surface area contributed by atoms with Gasteiger partial charge in [0, 0.05) is 30.9 Å². The highest BCUT2D eigenvalue weighted by Gasteiger charge is 2.29. The van der Waals surface area contributed by atoms with E-state index in [-0.39, 0.29) is 11.6 Å². The van der Waals surface area contributed by atoms with E-state index in [4.69, 9.17) is 4.74 Å². The summed E-state index contributed by atoms with van der Waals surface area (Å²) in [5.41, 5.74) is 3.62. The van der Waals surface area contributed by atoms with Crippen LogP contribution in [0.15, 0.2) is 66.7 Å². The van der Waals surface area contributed by atoms with Crippen LogP contribution in [0.1, 0.15) is 47.7 Å². The fraction of sp³-hybridized carbons (Fsp3) is 0.286. The molecule has 1 fully saturated rings. The zero-order chi connectivity index (χ0) is 24.9. The largest absolute Gasteiger partial charge is 0.495 e. The first-order valence-corrected chi connectivity index (χ1v) is 11.8. The van der Waals surface area contributed by atoms with Crippen LogP contribution < -0.4 is 15.0 Å². The van der Waals surface area contributed by atoms with Crippen LogP contribution in [0.2, 0.25) is 0 Å². The topological polar surface area (TPSA) is 61.9 Å². The van der Waals surface area contributed by atoms with Crippen molar-refractivity contribution in [3.8, 4) is 5.75 Å². The number of nitrogens with one attached hydrogen (secondary N) is 1. The summed E-state index contributed by atoms with van der Waals surface area (Å²) in [6.45, 7) is 6.04. The van der Waals surface area contributed by atoms with Gasteiger partial charge in [0.1, 0.15) is 11.6 Å². The molecule has 3 aromatic carbocycles. The second-order valence-corrected chi connectivity index (χ2v) is 8.96. The van der Waals surface area contributed by atoms with Gasteiger partial charge in [-0.3, -0.25) is 9.69 Å². The van der Waals surface area contributed by atoms with E-state index in [1.165, 1.54) is 23.8 Å². The lowest BCUT2D eigenvalue weighted by Crippen LogP contribution is -2.49. The first-order chi connectivity index (χ1) is 16.9. The SMILES string of the molecule is COc1ccc(NC(=O)c2cccc(F)c2)cc1N1CCCN(Cc2ccc(C(C)C)cc2)C1=O. The lowest BCUT2D eigenvalue weighted by molar-refractivity contribution is 0.102. The maximum atomic E-state index is 13.5. The molecule has 1 aliphatic heterocycles. The van der Waals surface area contributed by atoms with E-state index in [0.29, 0.717) is 42.7 Å². The molecule has 1 aliphatic rings. The van der Waals surface area contributed by atoms with Crippen LogP contribution in [0.4, 0.5) is 20.6 Å². The van der Waals surface area contributed by atoms with Crippen LogP contribution in [0.3, 0.4) is 0 Å². The Bertz CT molecular complexity index is 1210. The van der Waals surface area contributed by atoms with Gasteiger partial charge in [0.2, 0.25) is 0 Å². The highest BCUT2D eigenvalue weighted by Crippen LogP contribution is 2.34. The molecule has 182 valence electrons. The van der Waals surface area contributed by atoms with Gasteiger partial charge in [-0.1, -0.05) is 44.2 Å². The summed E-state index contributed by atoms with van der Waals surface area (Å²) in [5.74, 6) is 0.0746. The average molecular weight is 476 g/mol. The molecule has 0 saturated carbocycles. The quantitative estimate of drug-likeness (QED) is 0.453. The van der Waals surface area contributed by atoms with Gasteiger partial charge in [-0.15, -0.1) is 0 Å². The summed E-state index contributed by atoms with van der Waals surface area (Å²) in [4.78, 5) is 29.5. The molecule has 0 bridgehead atoms. The number of anilines is 2. The number of carbonyl (C=O) groups is 2. The van der Waals surface area contributed by atoms with Crippen LogP contribution in [0, 0.1) is 5.82 Å². The van der Waals surface area contributed by atoms with E-state index in [1.807, 2.05) is 4.90 Å². The molecular weight excluding hydrogens is 445 g/mol. The maximum Gasteiger partial charge on any atom is 0.324 e. The molecular formula is C28H30FN3O3. The van der Waals surface area contributed by atoms with Crippen molar-refractivity contribution >= 4 is 23.3 Å². The Morgan fingerprint density at radius 2 is 1.83 bits per heavy atom. The molecule has 0 radical (unpaired) electrons. The number of carbonyl (C=O) groups excluding carboxylic acids is 2. The molecule has 1 heterocycles. The minimum atomic E-state index is -0.481. The minimum absolute atomic E-state index is 0.115. The number of amides is 3. The summed E-state index contributed by atoms with van der Waals surface area (Å²) in [5, 5.41) is 2.78. The van der Waals surface area contributed by atoms with Gasteiger partial charge in [-0.2, -0.15) is 0 Å². The van der Waals surface area contributed by atoms with Crippen molar-refractivity contribution in [3.63, 3.8) is 0 Å². The lowest BCUT2D eigenvalue weighted by atomic mass is 10.0. The average Bonchev–Trinajstić information content (AvgIpc) is 2.85. The summed E-state index contributed by atoms with van der Waals surface area (Å²) in [7, 11) is 1.55. The van der Waals surface area contributed by atoms with Crippen molar-refractivity contribution < 1.29 is 18.7 Å². The molecule has 1 saturated heterocycles. The first-order valence-electron chi connectivity index (χ1n) is 11.8. The Morgan fingerprint density at radius 3 is 2.51 bits per heavy atom. The fourth-order valence-corrected chi connectivity index (χ4v) is 4.19. The Hall–Kier alpha value is -3.87.